The zero-order valence-corrected chi connectivity index (χ0v) is 11.2. The number of hydrogen-bond acceptors (Lipinski definition) is 11. The summed E-state index contributed by atoms with van der Waals surface area (Å²) in [6.45, 7) is -1.54. The number of hydrogen-bond donors (Lipinski definition) is 4. The highest BCUT2D eigenvalue weighted by molar-refractivity contribution is 5.42. The first-order chi connectivity index (χ1) is 9.60. The van der Waals surface area contributed by atoms with Gasteiger partial charge in [0.2, 0.25) is 24.3 Å². The Labute approximate surface area is 115 Å². The number of ether oxygens (including phenoxy) is 2. The fraction of sp³-hybridized carbons (Fsp3) is 0.667. The van der Waals surface area contributed by atoms with Crippen LogP contribution in [0.15, 0.2) is 0 Å². The molecule has 0 saturated heterocycles. The third-order valence-electron chi connectivity index (χ3n) is 2.32. The van der Waals surface area contributed by atoms with Crippen molar-refractivity contribution in [2.24, 2.45) is 0 Å². The first kappa shape index (κ1) is 16.3. The number of anilines is 3. The summed E-state index contributed by atoms with van der Waals surface area (Å²) in [5, 5.41) is 27.5. The zero-order chi connectivity index (χ0) is 15.1. The predicted octanol–water partition coefficient (Wildman–Crippen LogP) is -2.51. The molecule has 1 heterocycles. The Kier molecular flexibility index (Phi) is 6.27. The quantitative estimate of drug-likeness (QED) is 0.376. The average molecular weight is 290 g/mol. The van der Waals surface area contributed by atoms with Gasteiger partial charge in [-0.05, 0) is 0 Å². The first-order valence-electron chi connectivity index (χ1n) is 5.52. The average Bonchev–Trinajstić information content (AvgIpc) is 2.45. The van der Waals surface area contributed by atoms with Gasteiger partial charge in [-0.3, -0.25) is 9.80 Å². The third-order valence-corrected chi connectivity index (χ3v) is 2.32. The number of methoxy groups -OCH3 is 2. The number of nitrogens with two attached hydrogens (primary N) is 1. The van der Waals surface area contributed by atoms with Crippen molar-refractivity contribution in [2.45, 2.75) is 6.41 Å². The van der Waals surface area contributed by atoms with Gasteiger partial charge >= 0.3 is 0 Å². The van der Waals surface area contributed by atoms with Crippen LogP contribution in [0, 0.1) is 0 Å². The highest BCUT2D eigenvalue weighted by Crippen LogP contribution is 2.17. The van der Waals surface area contributed by atoms with Crippen molar-refractivity contribution < 1.29 is 24.8 Å². The van der Waals surface area contributed by atoms with E-state index in [9.17, 15) is 5.11 Å². The van der Waals surface area contributed by atoms with Gasteiger partial charge in [0.15, 0.2) is 0 Å². The lowest BCUT2D eigenvalue weighted by molar-refractivity contribution is -0.110. The molecule has 0 unspecified atom stereocenters. The molecule has 0 saturated carbocycles. The molecule has 5 N–H and O–H groups in total. The summed E-state index contributed by atoms with van der Waals surface area (Å²) in [6, 6.07) is 0. The van der Waals surface area contributed by atoms with E-state index in [2.05, 4.69) is 15.0 Å². The SMILES string of the molecule is COC(OC)N(CO)c1nc(N)nc(N(CO)CO)n1. The largest absolute Gasteiger partial charge is 0.376 e. The Balaban J connectivity index is 3.16. The van der Waals surface area contributed by atoms with Crippen LogP contribution in [0.2, 0.25) is 0 Å². The lowest BCUT2D eigenvalue weighted by Gasteiger charge is -2.27. The molecule has 0 atom stereocenters. The fourth-order valence-corrected chi connectivity index (χ4v) is 1.39. The van der Waals surface area contributed by atoms with Crippen molar-refractivity contribution in [1.82, 2.24) is 15.0 Å². The number of aromatic nitrogens is 3. The molecular formula is C9H18N6O5. The van der Waals surface area contributed by atoms with E-state index in [1.54, 1.807) is 0 Å². The Bertz CT molecular complexity index is 414. The molecule has 11 nitrogen and oxygen atoms in total. The van der Waals surface area contributed by atoms with E-state index in [4.69, 9.17) is 25.4 Å². The van der Waals surface area contributed by atoms with Crippen molar-refractivity contribution >= 4 is 17.8 Å². The summed E-state index contributed by atoms with van der Waals surface area (Å²) in [6.07, 6.45) is -0.939. The number of nitrogen functional groups attached to an aromatic ring is 1. The molecule has 114 valence electrons. The summed E-state index contributed by atoms with van der Waals surface area (Å²) in [7, 11) is 2.74. The molecule has 11 heteroatoms. The second kappa shape index (κ2) is 7.72. The normalized spacial score (nSPS) is 10.9. The number of aliphatic hydroxyl groups excluding tert-OH is 3. The minimum absolute atomic E-state index is 0.0319. The topological polar surface area (TPSA) is 150 Å². The Hall–Kier alpha value is -1.79. The van der Waals surface area contributed by atoms with Gasteiger partial charge in [-0.25, -0.2) is 0 Å². The first-order valence-corrected chi connectivity index (χ1v) is 5.52. The van der Waals surface area contributed by atoms with Crippen LogP contribution in [0.25, 0.3) is 0 Å². The van der Waals surface area contributed by atoms with E-state index < -0.39 is 26.6 Å². The minimum atomic E-state index is -0.939. The number of nitrogens with zero attached hydrogens (tertiary/aromatic N) is 5. The molecular weight excluding hydrogens is 272 g/mol. The number of aliphatic hydroxyl groups is 3. The van der Waals surface area contributed by atoms with Crippen LogP contribution in [0.4, 0.5) is 17.8 Å². The van der Waals surface area contributed by atoms with E-state index in [1.807, 2.05) is 0 Å². The molecule has 0 spiro atoms. The van der Waals surface area contributed by atoms with Gasteiger partial charge in [-0.1, -0.05) is 0 Å². The Morgan fingerprint density at radius 3 is 2.00 bits per heavy atom. The van der Waals surface area contributed by atoms with Gasteiger partial charge in [0.25, 0.3) is 0 Å². The summed E-state index contributed by atoms with van der Waals surface area (Å²) < 4.78 is 9.98. The molecule has 0 aromatic carbocycles. The van der Waals surface area contributed by atoms with Crippen LogP contribution in [0.5, 0.6) is 0 Å². The van der Waals surface area contributed by atoms with E-state index in [0.29, 0.717) is 0 Å². The summed E-state index contributed by atoms with van der Waals surface area (Å²) >= 11 is 0. The Morgan fingerprint density at radius 1 is 1.00 bits per heavy atom. The van der Waals surface area contributed by atoms with Gasteiger partial charge < -0.3 is 30.5 Å². The van der Waals surface area contributed by atoms with Crippen molar-refractivity contribution in [1.29, 1.82) is 0 Å². The number of rotatable bonds is 8. The molecule has 0 aliphatic rings. The van der Waals surface area contributed by atoms with Crippen LogP contribution >= 0.6 is 0 Å². The Morgan fingerprint density at radius 2 is 1.55 bits per heavy atom. The molecule has 0 radical (unpaired) electrons. The molecule has 0 fully saturated rings. The second-order valence-corrected chi connectivity index (χ2v) is 3.51. The maximum atomic E-state index is 9.36. The predicted molar refractivity (Wildman–Crippen MR) is 68.3 cm³/mol. The van der Waals surface area contributed by atoms with E-state index in [-0.39, 0.29) is 17.8 Å². The highest BCUT2D eigenvalue weighted by Gasteiger charge is 2.22. The molecule has 0 amide bonds. The smallest absolute Gasteiger partial charge is 0.244 e. The molecule has 0 aliphatic carbocycles. The van der Waals surface area contributed by atoms with Gasteiger partial charge in [0.1, 0.15) is 20.2 Å². The maximum Gasteiger partial charge on any atom is 0.244 e. The lowest BCUT2D eigenvalue weighted by atomic mass is 10.6. The highest BCUT2D eigenvalue weighted by atomic mass is 16.7. The van der Waals surface area contributed by atoms with Crippen molar-refractivity contribution in [3.8, 4) is 0 Å². The van der Waals surface area contributed by atoms with Crippen molar-refractivity contribution in [2.75, 3.05) is 49.9 Å². The molecule has 1 aromatic rings. The summed E-state index contributed by atoms with van der Waals surface area (Å²) in [5.41, 5.74) is 5.54. The third kappa shape index (κ3) is 3.61. The van der Waals surface area contributed by atoms with Crippen molar-refractivity contribution in [3.05, 3.63) is 0 Å². The lowest BCUT2D eigenvalue weighted by Crippen LogP contribution is -2.40. The van der Waals surface area contributed by atoms with Crippen LogP contribution in [-0.2, 0) is 9.47 Å². The van der Waals surface area contributed by atoms with Gasteiger partial charge in [-0.15, -0.1) is 0 Å². The van der Waals surface area contributed by atoms with E-state index in [1.165, 1.54) is 14.2 Å². The molecule has 20 heavy (non-hydrogen) atoms. The summed E-state index contributed by atoms with van der Waals surface area (Å²) in [4.78, 5) is 13.8. The second-order valence-electron chi connectivity index (χ2n) is 3.51. The van der Waals surface area contributed by atoms with Gasteiger partial charge in [0, 0.05) is 14.2 Å². The molecule has 1 aromatic heterocycles. The molecule has 0 aliphatic heterocycles. The minimum Gasteiger partial charge on any atom is -0.376 e. The van der Waals surface area contributed by atoms with Crippen LogP contribution in [0.1, 0.15) is 0 Å². The van der Waals surface area contributed by atoms with Gasteiger partial charge in [0.05, 0.1) is 0 Å². The fourth-order valence-electron chi connectivity index (χ4n) is 1.39. The molecule has 0 bridgehead atoms. The zero-order valence-electron chi connectivity index (χ0n) is 11.2. The van der Waals surface area contributed by atoms with E-state index in [0.717, 1.165) is 9.80 Å². The van der Waals surface area contributed by atoms with Crippen LogP contribution in [0.3, 0.4) is 0 Å². The maximum absolute atomic E-state index is 9.36. The van der Waals surface area contributed by atoms with Crippen molar-refractivity contribution in [3.63, 3.8) is 0 Å². The van der Waals surface area contributed by atoms with Gasteiger partial charge in [-0.2, -0.15) is 15.0 Å². The van der Waals surface area contributed by atoms with Crippen LogP contribution < -0.4 is 15.5 Å². The molecule has 1 rings (SSSR count). The summed E-state index contributed by atoms with van der Waals surface area (Å²) in [5.74, 6) is -0.237. The van der Waals surface area contributed by atoms with E-state index >= 15 is 0 Å². The van der Waals surface area contributed by atoms with Crippen LogP contribution in [-0.4, -0.2) is 71.1 Å². The standard InChI is InChI=1S/C9H18N6O5/c1-19-9(20-2)15(5-18)8-12-6(10)11-7(13-8)14(3-16)4-17/h9,16-18H,3-5H2,1-2H3,(H2,10,11,12,13). The monoisotopic (exact) mass is 290 g/mol.